The fourth-order valence-corrected chi connectivity index (χ4v) is 3.71. The molecule has 0 aliphatic heterocycles. The maximum atomic E-state index is 12.7. The molecule has 1 saturated carbocycles. The zero-order valence-electron chi connectivity index (χ0n) is 20.4. The molecule has 0 aromatic heterocycles. The van der Waals surface area contributed by atoms with Crippen LogP contribution in [0.5, 0.6) is 0 Å². The fourth-order valence-electron chi connectivity index (χ4n) is 3.71. The molecule has 0 bridgehead atoms. The van der Waals surface area contributed by atoms with Gasteiger partial charge in [-0.2, -0.15) is 0 Å². The first kappa shape index (κ1) is 27.4. The average Bonchev–Trinajstić information content (AvgIpc) is 2.71. The Morgan fingerprint density at radius 3 is 1.81 bits per heavy atom. The van der Waals surface area contributed by atoms with Crippen molar-refractivity contribution in [3.05, 3.63) is 0 Å². The van der Waals surface area contributed by atoms with E-state index in [-0.39, 0.29) is 29.7 Å². The van der Waals surface area contributed by atoms with E-state index in [4.69, 9.17) is 9.68 Å². The standard InChI is InChI=1S/C23H43N3O5/c1-8-18(20(27)24-17-13-11-10-12-14-17)15(3)30-25-21(28)19(9-2)16(4)31-26-22(29)23(5,6)7/h15-19H,8-14H2,1-7H3,(H,24,27)(H,25,28)(H,26,29)/t15-,16-,18+,19+/m1/s1. The van der Waals surface area contributed by atoms with Gasteiger partial charge in [-0.1, -0.05) is 53.9 Å². The van der Waals surface area contributed by atoms with E-state index in [0.717, 1.165) is 25.7 Å². The third-order valence-electron chi connectivity index (χ3n) is 6.00. The van der Waals surface area contributed by atoms with Crippen LogP contribution in [0.1, 0.15) is 93.4 Å². The second-order valence-electron chi connectivity index (χ2n) is 9.67. The van der Waals surface area contributed by atoms with Gasteiger partial charge >= 0.3 is 0 Å². The number of hydroxylamine groups is 2. The number of amides is 3. The molecular weight excluding hydrogens is 398 g/mol. The lowest BCUT2D eigenvalue weighted by Crippen LogP contribution is -2.46. The molecule has 4 atom stereocenters. The largest absolute Gasteiger partial charge is 0.353 e. The quantitative estimate of drug-likeness (QED) is 0.426. The van der Waals surface area contributed by atoms with Crippen LogP contribution in [0.4, 0.5) is 0 Å². The lowest BCUT2D eigenvalue weighted by atomic mass is 9.93. The van der Waals surface area contributed by atoms with Crippen LogP contribution in [0.3, 0.4) is 0 Å². The van der Waals surface area contributed by atoms with Crippen LogP contribution in [0, 0.1) is 17.3 Å². The van der Waals surface area contributed by atoms with E-state index in [0.29, 0.717) is 12.8 Å². The van der Waals surface area contributed by atoms with Gasteiger partial charge in [0.25, 0.3) is 0 Å². The van der Waals surface area contributed by atoms with Crippen molar-refractivity contribution in [1.82, 2.24) is 16.3 Å². The summed E-state index contributed by atoms with van der Waals surface area (Å²) in [5.74, 6) is -1.47. The molecule has 8 heteroatoms. The van der Waals surface area contributed by atoms with Gasteiger partial charge in [0.15, 0.2) is 0 Å². The Balaban J connectivity index is 2.53. The second-order valence-corrected chi connectivity index (χ2v) is 9.67. The minimum Gasteiger partial charge on any atom is -0.353 e. The van der Waals surface area contributed by atoms with Gasteiger partial charge in [0.2, 0.25) is 17.7 Å². The predicted molar refractivity (Wildman–Crippen MR) is 119 cm³/mol. The molecule has 0 spiro atoms. The minimum absolute atomic E-state index is 0.0233. The fraction of sp³-hybridized carbons (Fsp3) is 0.870. The Morgan fingerprint density at radius 2 is 1.32 bits per heavy atom. The highest BCUT2D eigenvalue weighted by Gasteiger charge is 2.30. The van der Waals surface area contributed by atoms with Crippen LogP contribution in [0.25, 0.3) is 0 Å². The Morgan fingerprint density at radius 1 is 0.839 bits per heavy atom. The molecule has 1 rings (SSSR count). The topological polar surface area (TPSA) is 106 Å². The molecule has 1 aliphatic rings. The van der Waals surface area contributed by atoms with Gasteiger partial charge in [0.1, 0.15) is 0 Å². The van der Waals surface area contributed by atoms with Crippen LogP contribution in [0.15, 0.2) is 0 Å². The second kappa shape index (κ2) is 13.0. The number of hydrogen-bond acceptors (Lipinski definition) is 5. The smallest absolute Gasteiger partial charge is 0.249 e. The van der Waals surface area contributed by atoms with E-state index in [1.54, 1.807) is 34.6 Å². The average molecular weight is 442 g/mol. The van der Waals surface area contributed by atoms with Crippen molar-refractivity contribution in [2.45, 2.75) is 112 Å². The van der Waals surface area contributed by atoms with Gasteiger partial charge in [-0.05, 0) is 39.5 Å². The maximum absolute atomic E-state index is 12.7. The van der Waals surface area contributed by atoms with Crippen LogP contribution in [0.2, 0.25) is 0 Å². The summed E-state index contributed by atoms with van der Waals surface area (Å²) < 4.78 is 0. The molecule has 0 unspecified atom stereocenters. The molecule has 1 fully saturated rings. The zero-order chi connectivity index (χ0) is 23.6. The summed E-state index contributed by atoms with van der Waals surface area (Å²) >= 11 is 0. The van der Waals surface area contributed by atoms with Crippen LogP contribution in [-0.2, 0) is 24.1 Å². The summed E-state index contributed by atoms with van der Waals surface area (Å²) in [5, 5.41) is 3.14. The highest BCUT2D eigenvalue weighted by Crippen LogP contribution is 2.20. The van der Waals surface area contributed by atoms with E-state index in [1.165, 1.54) is 6.42 Å². The molecule has 3 amide bonds. The molecule has 31 heavy (non-hydrogen) atoms. The highest BCUT2D eigenvalue weighted by molar-refractivity contribution is 5.81. The SMILES string of the molecule is CC[C@H](C(=O)NO[C@H](C)[C@H](CC)C(=O)NC1CCCCC1)[C@@H](C)ONC(=O)C(C)(C)C. The van der Waals surface area contributed by atoms with Gasteiger partial charge in [-0.3, -0.25) is 24.1 Å². The minimum atomic E-state index is -0.588. The summed E-state index contributed by atoms with van der Waals surface area (Å²) in [6, 6.07) is 0.239. The van der Waals surface area contributed by atoms with Gasteiger partial charge in [-0.25, -0.2) is 11.0 Å². The molecule has 0 heterocycles. The number of carbonyl (C=O) groups excluding carboxylic acids is 3. The molecule has 0 saturated heterocycles. The van der Waals surface area contributed by atoms with Crippen molar-refractivity contribution < 1.29 is 24.1 Å². The van der Waals surface area contributed by atoms with E-state index in [1.807, 2.05) is 13.8 Å². The van der Waals surface area contributed by atoms with Crippen molar-refractivity contribution in [3.8, 4) is 0 Å². The monoisotopic (exact) mass is 441 g/mol. The molecule has 0 aromatic carbocycles. The molecule has 8 nitrogen and oxygen atoms in total. The van der Waals surface area contributed by atoms with Crippen LogP contribution in [-0.4, -0.2) is 36.0 Å². The van der Waals surface area contributed by atoms with Gasteiger partial charge < -0.3 is 5.32 Å². The van der Waals surface area contributed by atoms with Crippen molar-refractivity contribution in [2.24, 2.45) is 17.3 Å². The Bertz CT molecular complexity index is 584. The Kier molecular flexibility index (Phi) is 11.5. The zero-order valence-corrected chi connectivity index (χ0v) is 20.4. The van der Waals surface area contributed by atoms with Crippen molar-refractivity contribution in [2.75, 3.05) is 0 Å². The normalized spacial score (nSPS) is 19.1. The lowest BCUT2D eigenvalue weighted by molar-refractivity contribution is -0.160. The number of rotatable bonds is 11. The van der Waals surface area contributed by atoms with Crippen molar-refractivity contribution in [3.63, 3.8) is 0 Å². The maximum Gasteiger partial charge on any atom is 0.249 e. The first-order valence-corrected chi connectivity index (χ1v) is 11.7. The number of hydrogen-bond donors (Lipinski definition) is 3. The van der Waals surface area contributed by atoms with Gasteiger partial charge in [0.05, 0.1) is 24.0 Å². The lowest BCUT2D eigenvalue weighted by Gasteiger charge is -2.28. The molecule has 0 aromatic rings. The van der Waals surface area contributed by atoms with Crippen LogP contribution < -0.4 is 16.3 Å². The number of carbonyl (C=O) groups is 3. The predicted octanol–water partition coefficient (Wildman–Crippen LogP) is 3.41. The molecule has 0 radical (unpaired) electrons. The first-order chi connectivity index (χ1) is 14.5. The molecule has 3 N–H and O–H groups in total. The van der Waals surface area contributed by atoms with Gasteiger partial charge in [0, 0.05) is 11.5 Å². The van der Waals surface area contributed by atoms with Crippen LogP contribution >= 0.6 is 0 Å². The summed E-state index contributed by atoms with van der Waals surface area (Å²) in [4.78, 5) is 48.3. The van der Waals surface area contributed by atoms with Crippen molar-refractivity contribution in [1.29, 1.82) is 0 Å². The van der Waals surface area contributed by atoms with E-state index < -0.39 is 23.5 Å². The third-order valence-corrected chi connectivity index (χ3v) is 6.00. The highest BCUT2D eigenvalue weighted by atomic mass is 16.7. The number of nitrogens with one attached hydrogen (secondary N) is 3. The molecule has 180 valence electrons. The summed E-state index contributed by atoms with van der Waals surface area (Å²) in [5.41, 5.74) is 4.33. The van der Waals surface area contributed by atoms with E-state index >= 15 is 0 Å². The third kappa shape index (κ3) is 9.15. The van der Waals surface area contributed by atoms with Gasteiger partial charge in [-0.15, -0.1) is 0 Å². The first-order valence-electron chi connectivity index (χ1n) is 11.7. The summed E-state index contributed by atoms with van der Waals surface area (Å²) in [6.07, 6.45) is 5.71. The Labute approximate surface area is 187 Å². The molecule has 1 aliphatic carbocycles. The van der Waals surface area contributed by atoms with E-state index in [9.17, 15) is 14.4 Å². The summed E-state index contributed by atoms with van der Waals surface area (Å²) in [7, 11) is 0. The summed E-state index contributed by atoms with van der Waals surface area (Å²) in [6.45, 7) is 12.7. The Hall–Kier alpha value is -1.67. The molecular formula is C23H43N3O5. The van der Waals surface area contributed by atoms with Crippen molar-refractivity contribution >= 4 is 17.7 Å². The van der Waals surface area contributed by atoms with E-state index in [2.05, 4.69) is 16.3 Å².